The Bertz CT molecular complexity index is 1450. The molecule has 1 aliphatic rings. The number of unbranched alkanes of at least 4 members (excludes halogenated alkanes) is 31. The molecule has 434 valence electrons. The molecule has 0 aromatic carbocycles. The van der Waals surface area contributed by atoms with Gasteiger partial charge < -0.3 is 40.3 Å². The van der Waals surface area contributed by atoms with Crippen LogP contribution in [0.3, 0.4) is 0 Å². The van der Waals surface area contributed by atoms with Crippen molar-refractivity contribution < 1.29 is 39.8 Å². The summed E-state index contributed by atoms with van der Waals surface area (Å²) in [5, 5.41) is 54.5. The van der Waals surface area contributed by atoms with Crippen LogP contribution in [0.4, 0.5) is 0 Å². The minimum absolute atomic E-state index is 0.176. The van der Waals surface area contributed by atoms with E-state index in [2.05, 4.69) is 92.1 Å². The summed E-state index contributed by atoms with van der Waals surface area (Å²) < 4.78 is 11.3. The maximum Gasteiger partial charge on any atom is 0.220 e. The first-order chi connectivity index (χ1) is 36.8. The summed E-state index contributed by atoms with van der Waals surface area (Å²) in [5.74, 6) is -0.176. The van der Waals surface area contributed by atoms with Crippen LogP contribution in [0.5, 0.6) is 0 Å². The molecule has 7 unspecified atom stereocenters. The highest BCUT2D eigenvalue weighted by Gasteiger charge is 2.44. The molecular weight excluding hydrogens is 935 g/mol. The van der Waals surface area contributed by atoms with E-state index in [0.717, 1.165) is 77.0 Å². The van der Waals surface area contributed by atoms with Gasteiger partial charge in [-0.2, -0.15) is 0 Å². The number of allylic oxidation sites excluding steroid dienone is 13. The quantitative estimate of drug-likeness (QED) is 0.0261. The van der Waals surface area contributed by atoms with Crippen molar-refractivity contribution in [3.8, 4) is 0 Å². The molecule has 0 aliphatic carbocycles. The molecule has 0 bridgehead atoms. The van der Waals surface area contributed by atoms with Gasteiger partial charge in [0.05, 0.1) is 25.4 Å². The van der Waals surface area contributed by atoms with Crippen LogP contribution in [0.1, 0.15) is 271 Å². The molecule has 0 aromatic rings. The Morgan fingerprint density at radius 3 is 1.23 bits per heavy atom. The number of carbonyl (C=O) groups is 1. The van der Waals surface area contributed by atoms with Crippen LogP contribution >= 0.6 is 0 Å². The van der Waals surface area contributed by atoms with E-state index in [4.69, 9.17) is 9.47 Å². The number of hydrogen-bond donors (Lipinski definition) is 6. The van der Waals surface area contributed by atoms with Crippen LogP contribution in [0.25, 0.3) is 0 Å². The first-order valence-electron chi connectivity index (χ1n) is 31.3. The second-order valence-corrected chi connectivity index (χ2v) is 21.5. The van der Waals surface area contributed by atoms with E-state index in [-0.39, 0.29) is 12.5 Å². The highest BCUT2D eigenvalue weighted by atomic mass is 16.7. The number of hydrogen-bond acceptors (Lipinski definition) is 8. The standard InChI is InChI=1S/C66H117NO8/c1-3-5-7-9-11-13-15-17-18-19-20-21-22-23-24-25-26-27-28-29-30-31-32-33-34-35-36-37-38-39-40-41-42-44-46-48-50-52-54-56-62(70)67-59(58-74-66-65(73)64(72)63(71)61(57-68)75-66)60(69)55-53-51-49-47-45-43-16-14-12-10-8-6-4-2/h5,7,11,13,17-18,20-21,23-24,26-27,53,55,59-61,63-66,68-69,71-73H,3-4,6,8-10,12,14-16,19,22,25,28-52,54,56-58H2,1-2H3,(H,67,70)/b7-5-,13-11-,18-17-,21-20-,24-23-,27-26-,55-53+. The Morgan fingerprint density at radius 2 is 0.827 bits per heavy atom. The summed E-state index contributed by atoms with van der Waals surface area (Å²) in [4.78, 5) is 13.1. The molecule has 1 aliphatic heterocycles. The Kier molecular flexibility index (Phi) is 51.3. The number of rotatable bonds is 53. The third-order valence-electron chi connectivity index (χ3n) is 14.5. The Morgan fingerprint density at radius 1 is 0.467 bits per heavy atom. The molecule has 1 fully saturated rings. The minimum atomic E-state index is -1.57. The summed E-state index contributed by atoms with van der Waals surface area (Å²) in [6.07, 6.45) is 71.1. The maximum absolute atomic E-state index is 13.1. The molecule has 9 nitrogen and oxygen atoms in total. The van der Waals surface area contributed by atoms with Crippen molar-refractivity contribution in [1.82, 2.24) is 5.32 Å². The van der Waals surface area contributed by atoms with Crippen molar-refractivity contribution in [1.29, 1.82) is 0 Å². The average molecular weight is 1050 g/mol. The van der Waals surface area contributed by atoms with Crippen molar-refractivity contribution in [3.05, 3.63) is 85.1 Å². The second-order valence-electron chi connectivity index (χ2n) is 21.5. The van der Waals surface area contributed by atoms with E-state index in [9.17, 15) is 30.3 Å². The van der Waals surface area contributed by atoms with Gasteiger partial charge >= 0.3 is 0 Å². The van der Waals surface area contributed by atoms with E-state index in [1.54, 1.807) is 6.08 Å². The first-order valence-corrected chi connectivity index (χ1v) is 31.3. The molecule has 1 rings (SSSR count). The molecule has 1 heterocycles. The van der Waals surface area contributed by atoms with Gasteiger partial charge in [0.2, 0.25) is 5.91 Å². The van der Waals surface area contributed by atoms with Crippen molar-refractivity contribution >= 4 is 5.91 Å². The van der Waals surface area contributed by atoms with Crippen molar-refractivity contribution in [3.63, 3.8) is 0 Å². The number of aliphatic hydroxyl groups is 5. The predicted octanol–water partition coefficient (Wildman–Crippen LogP) is 16.2. The highest BCUT2D eigenvalue weighted by Crippen LogP contribution is 2.23. The van der Waals surface area contributed by atoms with Crippen molar-refractivity contribution in [2.24, 2.45) is 0 Å². The van der Waals surface area contributed by atoms with Crippen molar-refractivity contribution in [2.75, 3.05) is 13.2 Å². The Balaban J connectivity index is 2.06. The third-order valence-corrected chi connectivity index (χ3v) is 14.5. The highest BCUT2D eigenvalue weighted by molar-refractivity contribution is 5.76. The zero-order chi connectivity index (χ0) is 54.3. The number of nitrogens with one attached hydrogen (secondary N) is 1. The summed E-state index contributed by atoms with van der Waals surface area (Å²) in [6.45, 7) is 3.67. The van der Waals surface area contributed by atoms with Crippen LogP contribution in [0, 0.1) is 0 Å². The Hall–Kier alpha value is -2.63. The second kappa shape index (κ2) is 54.7. The van der Waals surface area contributed by atoms with E-state index in [0.29, 0.717) is 6.42 Å². The van der Waals surface area contributed by atoms with E-state index < -0.39 is 49.5 Å². The van der Waals surface area contributed by atoms with Gasteiger partial charge in [0.25, 0.3) is 0 Å². The molecule has 75 heavy (non-hydrogen) atoms. The molecule has 9 heteroatoms. The fourth-order valence-corrected chi connectivity index (χ4v) is 9.57. The van der Waals surface area contributed by atoms with Gasteiger partial charge in [-0.3, -0.25) is 4.79 Å². The lowest BCUT2D eigenvalue weighted by Gasteiger charge is -2.40. The zero-order valence-corrected chi connectivity index (χ0v) is 48.3. The average Bonchev–Trinajstić information content (AvgIpc) is 3.41. The minimum Gasteiger partial charge on any atom is -0.394 e. The number of aliphatic hydroxyl groups excluding tert-OH is 5. The van der Waals surface area contributed by atoms with Gasteiger partial charge in [0, 0.05) is 6.42 Å². The lowest BCUT2D eigenvalue weighted by atomic mass is 9.99. The zero-order valence-electron chi connectivity index (χ0n) is 48.3. The lowest BCUT2D eigenvalue weighted by molar-refractivity contribution is -0.302. The predicted molar refractivity (Wildman–Crippen MR) is 318 cm³/mol. The maximum atomic E-state index is 13.1. The normalized spacial score (nSPS) is 19.5. The van der Waals surface area contributed by atoms with Crippen LogP contribution in [0.2, 0.25) is 0 Å². The Labute approximate surface area is 461 Å². The molecule has 7 atom stereocenters. The summed E-state index contributed by atoms with van der Waals surface area (Å²) >= 11 is 0. The number of ether oxygens (including phenoxy) is 2. The molecule has 1 saturated heterocycles. The monoisotopic (exact) mass is 1050 g/mol. The topological polar surface area (TPSA) is 149 Å². The number of carbonyl (C=O) groups excluding carboxylic acids is 1. The smallest absolute Gasteiger partial charge is 0.220 e. The fraction of sp³-hybridized carbons (Fsp3) is 0.773. The largest absolute Gasteiger partial charge is 0.394 e. The molecule has 1 amide bonds. The van der Waals surface area contributed by atoms with Gasteiger partial charge in [0.15, 0.2) is 6.29 Å². The molecule has 0 aromatic heterocycles. The summed E-state index contributed by atoms with van der Waals surface area (Å²) in [7, 11) is 0. The van der Waals surface area contributed by atoms with Gasteiger partial charge in [-0.25, -0.2) is 0 Å². The molecular formula is C66H117NO8. The van der Waals surface area contributed by atoms with E-state index >= 15 is 0 Å². The summed E-state index contributed by atoms with van der Waals surface area (Å²) in [5.41, 5.74) is 0. The number of amides is 1. The van der Waals surface area contributed by atoms with E-state index in [1.165, 1.54) is 173 Å². The van der Waals surface area contributed by atoms with E-state index in [1.807, 2.05) is 6.08 Å². The van der Waals surface area contributed by atoms with Crippen LogP contribution in [0.15, 0.2) is 85.1 Å². The van der Waals surface area contributed by atoms with Gasteiger partial charge in [-0.1, -0.05) is 279 Å². The van der Waals surface area contributed by atoms with Gasteiger partial charge in [-0.15, -0.1) is 0 Å². The van der Waals surface area contributed by atoms with Gasteiger partial charge in [0.1, 0.15) is 24.4 Å². The third kappa shape index (κ3) is 44.0. The van der Waals surface area contributed by atoms with Gasteiger partial charge in [-0.05, 0) is 70.6 Å². The molecule has 0 saturated carbocycles. The first kappa shape index (κ1) is 70.4. The summed E-state index contributed by atoms with van der Waals surface area (Å²) in [6, 6.07) is -0.805. The fourth-order valence-electron chi connectivity index (χ4n) is 9.57. The SMILES string of the molecule is CC/C=C\C/C=C\C/C=C\C/C=C\C/C=C\C/C=C\CCCCCCCCCCCCCCCCCCCCCCC(=O)NC(COC1OC(CO)C(O)C(O)C1O)C(O)/C=C/CCCCCCCCCCCCC. The van der Waals surface area contributed by atoms with Crippen LogP contribution in [-0.4, -0.2) is 87.5 Å². The van der Waals surface area contributed by atoms with Crippen LogP contribution in [-0.2, 0) is 14.3 Å². The van der Waals surface area contributed by atoms with Crippen molar-refractivity contribution in [2.45, 2.75) is 314 Å². The van der Waals surface area contributed by atoms with Crippen LogP contribution < -0.4 is 5.32 Å². The molecule has 0 radical (unpaired) electrons. The lowest BCUT2D eigenvalue weighted by Crippen LogP contribution is -2.60. The molecule has 6 N–H and O–H groups in total. The molecule has 0 spiro atoms.